The van der Waals surface area contributed by atoms with Crippen molar-refractivity contribution < 1.29 is 4.24 Å². The Bertz CT molecular complexity index is 541. The van der Waals surface area contributed by atoms with Crippen LogP contribution in [0, 0.1) is 6.34 Å². The molecule has 2 aliphatic rings. The number of hydrogen-bond donors (Lipinski definition) is 1. The largest absolute Gasteiger partial charge is 0.361 e. The van der Waals surface area contributed by atoms with E-state index in [4.69, 9.17) is 0 Å². The molecule has 4 heteroatoms. The maximum atomic E-state index is 4.08. The Morgan fingerprint density at radius 2 is 2.43 bits per heavy atom. The third-order valence-corrected chi connectivity index (χ3v) is 2.22. The zero-order valence-electron chi connectivity index (χ0n) is 7.46. The van der Waals surface area contributed by atoms with Crippen LogP contribution in [0.4, 0.5) is 0 Å². The van der Waals surface area contributed by atoms with Crippen molar-refractivity contribution in [2.45, 2.75) is 0 Å². The molecule has 14 heavy (non-hydrogen) atoms. The van der Waals surface area contributed by atoms with Crippen molar-refractivity contribution in [2.24, 2.45) is 0 Å². The van der Waals surface area contributed by atoms with Crippen LogP contribution in [0.1, 0.15) is 0 Å². The number of rotatable bonds is 0. The molecule has 4 nitrogen and oxygen atoms in total. The molecule has 0 aromatic carbocycles. The fourth-order valence-corrected chi connectivity index (χ4v) is 1.52. The second-order valence-electron chi connectivity index (χ2n) is 3.13. The monoisotopic (exact) mass is 185 g/mol. The minimum absolute atomic E-state index is 1.08. The molecule has 1 aromatic heterocycles. The van der Waals surface area contributed by atoms with Crippen LogP contribution in [0.5, 0.6) is 0 Å². The molecule has 2 aliphatic heterocycles. The van der Waals surface area contributed by atoms with Gasteiger partial charge >= 0.3 is 0 Å². The van der Waals surface area contributed by atoms with Crippen LogP contribution in [-0.4, -0.2) is 9.88 Å². The van der Waals surface area contributed by atoms with Crippen molar-refractivity contribution in [3.05, 3.63) is 54.6 Å². The van der Waals surface area contributed by atoms with E-state index < -0.39 is 0 Å². The van der Waals surface area contributed by atoms with E-state index in [1.54, 1.807) is 6.20 Å². The second kappa shape index (κ2) is 2.70. The Balaban J connectivity index is 2.30. The SMILES string of the molecule is C1=CN2C=[n+]3ccncc3=CC2=CN1. The maximum absolute atomic E-state index is 4.08. The van der Waals surface area contributed by atoms with Crippen LogP contribution in [0.3, 0.4) is 0 Å². The first kappa shape index (κ1) is 7.32. The molecular weight excluding hydrogens is 176 g/mol. The van der Waals surface area contributed by atoms with E-state index in [0.717, 1.165) is 11.0 Å². The van der Waals surface area contributed by atoms with Gasteiger partial charge in [0.15, 0.2) is 11.0 Å². The maximum Gasteiger partial charge on any atom is 0.254 e. The van der Waals surface area contributed by atoms with Crippen LogP contribution in [0.2, 0.25) is 0 Å². The highest BCUT2D eigenvalue weighted by atomic mass is 15.2. The van der Waals surface area contributed by atoms with E-state index in [-0.39, 0.29) is 0 Å². The van der Waals surface area contributed by atoms with Gasteiger partial charge in [-0.15, -0.1) is 0 Å². The van der Waals surface area contributed by atoms with Crippen molar-refractivity contribution in [1.82, 2.24) is 15.2 Å². The first-order valence-corrected chi connectivity index (χ1v) is 4.40. The van der Waals surface area contributed by atoms with E-state index in [2.05, 4.69) is 16.4 Å². The average molecular weight is 185 g/mol. The second-order valence-corrected chi connectivity index (χ2v) is 3.13. The Morgan fingerprint density at radius 3 is 3.43 bits per heavy atom. The van der Waals surface area contributed by atoms with Crippen LogP contribution < -0.4 is 14.9 Å². The predicted octanol–water partition coefficient (Wildman–Crippen LogP) is -0.652. The van der Waals surface area contributed by atoms with Crippen molar-refractivity contribution in [2.75, 3.05) is 0 Å². The Kier molecular flexibility index (Phi) is 1.41. The van der Waals surface area contributed by atoms with E-state index >= 15 is 0 Å². The molecule has 0 spiro atoms. The lowest BCUT2D eigenvalue weighted by molar-refractivity contribution is -0.535. The topological polar surface area (TPSA) is 34.1 Å². The molecule has 0 saturated carbocycles. The van der Waals surface area contributed by atoms with Gasteiger partial charge in [0.2, 0.25) is 0 Å². The lowest BCUT2D eigenvalue weighted by Crippen LogP contribution is -2.44. The highest BCUT2D eigenvalue weighted by molar-refractivity contribution is 5.45. The number of aromatic nitrogens is 2. The molecule has 0 bridgehead atoms. The van der Waals surface area contributed by atoms with Crippen LogP contribution in [-0.2, 0) is 0 Å². The predicted molar refractivity (Wildman–Crippen MR) is 50.4 cm³/mol. The summed E-state index contributed by atoms with van der Waals surface area (Å²) in [6.07, 6.45) is 15.4. The lowest BCUT2D eigenvalue weighted by atomic mass is 10.3. The van der Waals surface area contributed by atoms with Gasteiger partial charge in [0.1, 0.15) is 12.4 Å². The summed E-state index contributed by atoms with van der Waals surface area (Å²) >= 11 is 0. The molecule has 1 aromatic rings. The van der Waals surface area contributed by atoms with E-state index in [1.165, 1.54) is 0 Å². The first-order chi connectivity index (χ1) is 6.93. The summed E-state index contributed by atoms with van der Waals surface area (Å²) in [6, 6.07) is 0. The molecule has 0 fully saturated rings. The molecule has 0 saturated heterocycles. The highest BCUT2D eigenvalue weighted by Gasteiger charge is 2.16. The van der Waals surface area contributed by atoms with Gasteiger partial charge in [-0.25, -0.2) is 9.14 Å². The van der Waals surface area contributed by atoms with Crippen molar-refractivity contribution in [3.63, 3.8) is 0 Å². The van der Waals surface area contributed by atoms with E-state index in [0.29, 0.717) is 0 Å². The van der Waals surface area contributed by atoms with Crippen LogP contribution >= 0.6 is 0 Å². The van der Waals surface area contributed by atoms with Crippen molar-refractivity contribution >= 4 is 6.08 Å². The van der Waals surface area contributed by atoms with Crippen LogP contribution in [0.15, 0.2) is 42.9 Å². The van der Waals surface area contributed by atoms with Gasteiger partial charge in [-0.05, 0) is 0 Å². The lowest BCUT2D eigenvalue weighted by Gasteiger charge is -2.14. The molecule has 0 aliphatic carbocycles. The number of allylic oxidation sites excluding steroid dienone is 1. The van der Waals surface area contributed by atoms with Gasteiger partial charge in [-0.1, -0.05) is 0 Å². The average Bonchev–Trinajstić information content (AvgIpc) is 2.26. The smallest absolute Gasteiger partial charge is 0.254 e. The zero-order valence-corrected chi connectivity index (χ0v) is 7.46. The molecule has 0 amide bonds. The summed E-state index contributed by atoms with van der Waals surface area (Å²) in [5.41, 5.74) is 1.11. The summed E-state index contributed by atoms with van der Waals surface area (Å²) in [6.45, 7) is 0. The molecule has 3 heterocycles. The summed E-state index contributed by atoms with van der Waals surface area (Å²) < 4.78 is 2.03. The Labute approximate surface area is 80.8 Å². The van der Waals surface area contributed by atoms with Gasteiger partial charge < -0.3 is 5.32 Å². The highest BCUT2D eigenvalue weighted by Crippen LogP contribution is 2.09. The van der Waals surface area contributed by atoms with Gasteiger partial charge in [-0.3, -0.25) is 4.98 Å². The third kappa shape index (κ3) is 1.01. The summed E-state index contributed by atoms with van der Waals surface area (Å²) in [5.74, 6) is 0. The quantitative estimate of drug-likeness (QED) is 0.545. The molecule has 1 N–H and O–H groups in total. The van der Waals surface area contributed by atoms with Gasteiger partial charge in [0.05, 0.1) is 12.4 Å². The fraction of sp³-hybridized carbons (Fsp3) is 0. The van der Waals surface area contributed by atoms with Gasteiger partial charge in [0, 0.05) is 18.5 Å². The Morgan fingerprint density at radius 1 is 1.43 bits per heavy atom. The number of nitrogens with one attached hydrogen (secondary N) is 1. The number of fused-ring (bicyclic) bond motifs is 2. The first-order valence-electron chi connectivity index (χ1n) is 4.40. The van der Waals surface area contributed by atoms with Crippen LogP contribution in [0.25, 0.3) is 6.08 Å². The molecule has 0 atom stereocenters. The van der Waals surface area contributed by atoms with Crippen molar-refractivity contribution in [3.8, 4) is 0 Å². The summed E-state index contributed by atoms with van der Waals surface area (Å²) in [7, 11) is 0. The molecule has 3 rings (SSSR count). The third-order valence-electron chi connectivity index (χ3n) is 2.22. The zero-order chi connectivity index (χ0) is 9.38. The fourth-order valence-electron chi connectivity index (χ4n) is 1.52. The standard InChI is InChI=1S/C10H9N4/c1-3-13-8-14-4-2-12-7-10(14)5-9(13)6-11-1/h1-8,11H/q+1. The molecule has 0 unspecified atom stereocenters. The van der Waals surface area contributed by atoms with Gasteiger partial charge in [-0.2, -0.15) is 0 Å². The minimum Gasteiger partial charge on any atom is -0.361 e. The normalized spacial score (nSPS) is 16.9. The molecule has 0 radical (unpaired) electrons. The van der Waals surface area contributed by atoms with Gasteiger partial charge in [0.25, 0.3) is 6.34 Å². The Hall–Kier alpha value is -2.10. The van der Waals surface area contributed by atoms with E-state index in [1.807, 2.05) is 46.5 Å². The number of nitrogens with zero attached hydrogens (tertiary/aromatic N) is 3. The number of hydrogen-bond acceptors (Lipinski definition) is 3. The summed E-state index contributed by atoms with van der Waals surface area (Å²) in [4.78, 5) is 6.12. The summed E-state index contributed by atoms with van der Waals surface area (Å²) in [5, 5.41) is 4.13. The molecule has 68 valence electrons. The van der Waals surface area contributed by atoms with Crippen molar-refractivity contribution in [1.29, 1.82) is 0 Å². The molecular formula is C10H9N4+. The van der Waals surface area contributed by atoms with E-state index in [9.17, 15) is 0 Å². The minimum atomic E-state index is 1.08.